The molecule has 1 fully saturated rings. The summed E-state index contributed by atoms with van der Waals surface area (Å²) < 4.78 is 28.9. The normalized spacial score (nSPS) is 16.6. The number of ether oxygens (including phenoxy) is 1. The van der Waals surface area contributed by atoms with E-state index in [9.17, 15) is 18.4 Å². The fourth-order valence-electron chi connectivity index (χ4n) is 3.17. The number of piperidine rings is 1. The van der Waals surface area contributed by atoms with Crippen molar-refractivity contribution in [2.24, 2.45) is 5.92 Å². The lowest BCUT2D eigenvalue weighted by Crippen LogP contribution is -2.43. The number of nitrogens with zero attached hydrogens (tertiary/aromatic N) is 1. The van der Waals surface area contributed by atoms with Crippen LogP contribution in [-0.2, 0) is 4.79 Å². The first-order valence-electron chi connectivity index (χ1n) is 8.93. The lowest BCUT2D eigenvalue weighted by Gasteiger charge is -2.32. The number of rotatable bonds is 5. The van der Waals surface area contributed by atoms with Crippen LogP contribution in [0.2, 0.25) is 10.0 Å². The van der Waals surface area contributed by atoms with Crippen LogP contribution in [0.3, 0.4) is 0 Å². The molecule has 154 valence electrons. The Kier molecular flexibility index (Phi) is 6.92. The Balaban J connectivity index is 1.63. The third kappa shape index (κ3) is 5.58. The maximum absolute atomic E-state index is 12.7. The largest absolute Gasteiger partial charge is 0.433 e. The van der Waals surface area contributed by atoms with E-state index in [0.717, 1.165) is 0 Å². The molecule has 1 aliphatic heterocycles. The molecule has 2 amide bonds. The zero-order chi connectivity index (χ0) is 21.0. The van der Waals surface area contributed by atoms with Crippen LogP contribution in [0.15, 0.2) is 42.5 Å². The quantitative estimate of drug-likeness (QED) is 0.701. The van der Waals surface area contributed by atoms with Crippen LogP contribution in [0.5, 0.6) is 5.75 Å². The fourth-order valence-corrected chi connectivity index (χ4v) is 3.52. The van der Waals surface area contributed by atoms with Crippen LogP contribution >= 0.6 is 23.2 Å². The number of alkyl halides is 2. The maximum Gasteiger partial charge on any atom is 0.387 e. The van der Waals surface area contributed by atoms with Gasteiger partial charge in [0, 0.05) is 29.4 Å². The molecule has 2 aromatic carbocycles. The predicted octanol–water partition coefficient (Wildman–Crippen LogP) is 5.09. The highest BCUT2D eigenvalue weighted by Crippen LogP contribution is 2.29. The van der Waals surface area contributed by atoms with Gasteiger partial charge in [0.1, 0.15) is 5.75 Å². The first kappa shape index (κ1) is 21.3. The van der Waals surface area contributed by atoms with E-state index < -0.39 is 12.5 Å². The van der Waals surface area contributed by atoms with E-state index in [1.165, 1.54) is 18.2 Å². The fraction of sp³-hybridized carbons (Fsp3) is 0.300. The minimum absolute atomic E-state index is 0.0358. The number of anilines is 1. The van der Waals surface area contributed by atoms with Crippen LogP contribution < -0.4 is 10.1 Å². The van der Waals surface area contributed by atoms with Gasteiger partial charge in [0.15, 0.2) is 0 Å². The molecule has 1 unspecified atom stereocenters. The van der Waals surface area contributed by atoms with Crippen molar-refractivity contribution in [2.75, 3.05) is 18.4 Å². The lowest BCUT2D eigenvalue weighted by atomic mass is 9.96. The summed E-state index contributed by atoms with van der Waals surface area (Å²) in [5.41, 5.74) is 0.875. The molecule has 0 aromatic heterocycles. The maximum atomic E-state index is 12.7. The van der Waals surface area contributed by atoms with Gasteiger partial charge < -0.3 is 15.0 Å². The Bertz CT molecular complexity index is 894. The van der Waals surface area contributed by atoms with E-state index in [1.54, 1.807) is 29.2 Å². The summed E-state index contributed by atoms with van der Waals surface area (Å²) in [5.74, 6) is -0.985. The molecule has 9 heteroatoms. The highest BCUT2D eigenvalue weighted by molar-refractivity contribution is 6.32. The minimum Gasteiger partial charge on any atom is -0.433 e. The summed E-state index contributed by atoms with van der Waals surface area (Å²) >= 11 is 11.8. The van der Waals surface area contributed by atoms with Crippen molar-refractivity contribution in [3.05, 3.63) is 58.1 Å². The van der Waals surface area contributed by atoms with Crippen molar-refractivity contribution in [1.82, 2.24) is 4.90 Å². The molecule has 0 spiro atoms. The summed E-state index contributed by atoms with van der Waals surface area (Å²) in [5, 5.41) is 3.22. The van der Waals surface area contributed by atoms with Crippen LogP contribution in [0.25, 0.3) is 0 Å². The number of amides is 2. The van der Waals surface area contributed by atoms with Gasteiger partial charge in [0.05, 0.1) is 10.9 Å². The summed E-state index contributed by atoms with van der Waals surface area (Å²) in [6.45, 7) is -2.14. The van der Waals surface area contributed by atoms with E-state index in [-0.39, 0.29) is 29.1 Å². The second-order valence-electron chi connectivity index (χ2n) is 6.61. The Morgan fingerprint density at radius 2 is 1.86 bits per heavy atom. The Morgan fingerprint density at radius 3 is 2.52 bits per heavy atom. The topological polar surface area (TPSA) is 58.6 Å². The zero-order valence-electron chi connectivity index (χ0n) is 15.2. The summed E-state index contributed by atoms with van der Waals surface area (Å²) in [6.07, 6.45) is 1.33. The average molecular weight is 443 g/mol. The number of carbonyl (C=O) groups excluding carboxylic acids is 2. The highest BCUT2D eigenvalue weighted by atomic mass is 35.5. The van der Waals surface area contributed by atoms with Gasteiger partial charge in [-0.3, -0.25) is 9.59 Å². The molecule has 0 saturated carbocycles. The molecule has 1 aliphatic rings. The van der Waals surface area contributed by atoms with Crippen LogP contribution in [0.1, 0.15) is 23.2 Å². The van der Waals surface area contributed by atoms with Crippen molar-refractivity contribution in [3.63, 3.8) is 0 Å². The number of hydrogen-bond acceptors (Lipinski definition) is 3. The van der Waals surface area contributed by atoms with Crippen molar-refractivity contribution in [2.45, 2.75) is 19.5 Å². The van der Waals surface area contributed by atoms with Crippen LogP contribution in [0.4, 0.5) is 14.5 Å². The van der Waals surface area contributed by atoms with Gasteiger partial charge in [-0.05, 0) is 55.3 Å². The molecular formula is C20H18Cl2F2N2O3. The van der Waals surface area contributed by atoms with Crippen LogP contribution in [0, 0.1) is 5.92 Å². The van der Waals surface area contributed by atoms with E-state index >= 15 is 0 Å². The SMILES string of the molecule is O=C(Nc1ccc(OC(F)F)c(Cl)c1)C1CCCN(C(=O)c2ccc(Cl)cc2)C1. The monoisotopic (exact) mass is 442 g/mol. The third-order valence-corrected chi connectivity index (χ3v) is 5.13. The molecule has 2 aromatic rings. The van der Waals surface area contributed by atoms with Gasteiger partial charge in [-0.15, -0.1) is 0 Å². The van der Waals surface area contributed by atoms with Gasteiger partial charge >= 0.3 is 6.61 Å². The first-order valence-corrected chi connectivity index (χ1v) is 9.69. The number of nitrogens with one attached hydrogen (secondary N) is 1. The molecule has 3 rings (SSSR count). The molecule has 1 atom stereocenters. The molecule has 1 N–H and O–H groups in total. The molecule has 0 aliphatic carbocycles. The standard InChI is InChI=1S/C20H18Cl2F2N2O3/c21-14-5-3-12(4-6-14)19(28)26-9-1-2-13(11-26)18(27)25-15-7-8-17(16(22)10-15)29-20(23)24/h3-8,10,13,20H,1-2,9,11H2,(H,25,27). The number of carbonyl (C=O) groups is 2. The van der Waals surface area contributed by atoms with Crippen LogP contribution in [-0.4, -0.2) is 36.4 Å². The molecule has 1 saturated heterocycles. The number of halogens is 4. The Labute approximate surface area is 176 Å². The first-order chi connectivity index (χ1) is 13.8. The highest BCUT2D eigenvalue weighted by Gasteiger charge is 2.29. The van der Waals surface area contributed by atoms with Crippen molar-refractivity contribution in [3.8, 4) is 5.75 Å². The molecular weight excluding hydrogens is 425 g/mol. The minimum atomic E-state index is -2.99. The summed E-state index contributed by atoms with van der Waals surface area (Å²) in [6, 6.07) is 10.6. The van der Waals surface area contributed by atoms with E-state index in [2.05, 4.69) is 10.1 Å². The second kappa shape index (κ2) is 9.41. The van der Waals surface area contributed by atoms with Gasteiger partial charge in [-0.2, -0.15) is 8.78 Å². The number of benzene rings is 2. The van der Waals surface area contributed by atoms with E-state index in [4.69, 9.17) is 23.2 Å². The molecule has 0 bridgehead atoms. The van der Waals surface area contributed by atoms with Gasteiger partial charge in [0.2, 0.25) is 5.91 Å². The Hall–Kier alpha value is -2.38. The predicted molar refractivity (Wildman–Crippen MR) is 107 cm³/mol. The third-order valence-electron chi connectivity index (χ3n) is 4.59. The van der Waals surface area contributed by atoms with Gasteiger partial charge in [-0.25, -0.2) is 0 Å². The zero-order valence-corrected chi connectivity index (χ0v) is 16.7. The van der Waals surface area contributed by atoms with Gasteiger partial charge in [0.25, 0.3) is 5.91 Å². The van der Waals surface area contributed by atoms with E-state index in [1.807, 2.05) is 0 Å². The van der Waals surface area contributed by atoms with Crippen molar-refractivity contribution >= 4 is 40.7 Å². The summed E-state index contributed by atoms with van der Waals surface area (Å²) in [4.78, 5) is 26.9. The molecule has 0 radical (unpaired) electrons. The molecule has 5 nitrogen and oxygen atoms in total. The number of likely N-dealkylation sites (tertiary alicyclic amines) is 1. The average Bonchev–Trinajstić information content (AvgIpc) is 2.70. The smallest absolute Gasteiger partial charge is 0.387 e. The second-order valence-corrected chi connectivity index (χ2v) is 7.45. The van der Waals surface area contributed by atoms with Crippen molar-refractivity contribution in [1.29, 1.82) is 0 Å². The summed E-state index contributed by atoms with van der Waals surface area (Å²) in [7, 11) is 0. The molecule has 29 heavy (non-hydrogen) atoms. The number of hydrogen-bond donors (Lipinski definition) is 1. The molecule has 1 heterocycles. The Morgan fingerprint density at radius 1 is 1.14 bits per heavy atom. The van der Waals surface area contributed by atoms with Crippen molar-refractivity contribution < 1.29 is 23.1 Å². The van der Waals surface area contributed by atoms with Gasteiger partial charge in [-0.1, -0.05) is 23.2 Å². The lowest BCUT2D eigenvalue weighted by molar-refractivity contribution is -0.121. The van der Waals surface area contributed by atoms with E-state index in [0.29, 0.717) is 35.7 Å².